The monoisotopic (exact) mass is 327 g/mol. The van der Waals surface area contributed by atoms with Crippen LogP contribution in [0.4, 0.5) is 0 Å². The quantitative estimate of drug-likeness (QED) is 0.781. The van der Waals surface area contributed by atoms with E-state index in [1.807, 2.05) is 18.2 Å². The van der Waals surface area contributed by atoms with Gasteiger partial charge in [-0.2, -0.15) is 5.10 Å². The smallest absolute Gasteiger partial charge is 0.234 e. The summed E-state index contributed by atoms with van der Waals surface area (Å²) in [7, 11) is 0. The SMILES string of the molecule is Cc1cc(C)n2cc(CN3CCO[C@@H](c4n[nH]c(C)n4)C3)nc2n1. The van der Waals surface area contributed by atoms with Crippen LogP contribution in [0, 0.1) is 20.8 Å². The minimum Gasteiger partial charge on any atom is -0.367 e. The molecule has 1 N–H and O–H groups in total. The number of imidazole rings is 1. The van der Waals surface area contributed by atoms with E-state index in [4.69, 9.17) is 4.74 Å². The topological polar surface area (TPSA) is 84.2 Å². The summed E-state index contributed by atoms with van der Waals surface area (Å²) >= 11 is 0. The molecule has 1 aliphatic rings. The van der Waals surface area contributed by atoms with Crippen LogP contribution in [0.1, 0.15) is 34.8 Å². The minimum atomic E-state index is -0.0946. The molecule has 0 amide bonds. The molecule has 8 heteroatoms. The fraction of sp³-hybridized carbons (Fsp3) is 0.500. The van der Waals surface area contributed by atoms with Crippen LogP contribution in [-0.2, 0) is 11.3 Å². The second kappa shape index (κ2) is 5.95. The standard InChI is InChI=1S/C16H21N7O/c1-10-6-11(2)23-8-13(19-16(23)17-10)7-22-4-5-24-14(9-22)15-18-12(3)20-21-15/h6,8,14H,4-5,7,9H2,1-3H3,(H,18,20,21)/t14-/m1/s1. The van der Waals surface area contributed by atoms with E-state index in [0.717, 1.165) is 54.1 Å². The summed E-state index contributed by atoms with van der Waals surface area (Å²) in [6.07, 6.45) is 1.97. The lowest BCUT2D eigenvalue weighted by Crippen LogP contribution is -2.38. The number of ether oxygens (including phenoxy) is 1. The van der Waals surface area contributed by atoms with Gasteiger partial charge in [0, 0.05) is 37.2 Å². The number of morpholine rings is 1. The fourth-order valence-electron chi connectivity index (χ4n) is 3.13. The summed E-state index contributed by atoms with van der Waals surface area (Å²) in [6, 6.07) is 2.06. The Morgan fingerprint density at radius 1 is 1.25 bits per heavy atom. The van der Waals surface area contributed by atoms with Crippen molar-refractivity contribution in [2.45, 2.75) is 33.4 Å². The van der Waals surface area contributed by atoms with E-state index in [2.05, 4.69) is 49.2 Å². The second-order valence-corrected chi connectivity index (χ2v) is 6.31. The molecule has 126 valence electrons. The van der Waals surface area contributed by atoms with Gasteiger partial charge in [0.05, 0.1) is 12.3 Å². The van der Waals surface area contributed by atoms with Gasteiger partial charge in [0.1, 0.15) is 11.9 Å². The van der Waals surface area contributed by atoms with E-state index < -0.39 is 0 Å². The van der Waals surface area contributed by atoms with Crippen LogP contribution < -0.4 is 0 Å². The molecule has 1 aliphatic heterocycles. The number of hydrogen-bond donors (Lipinski definition) is 1. The van der Waals surface area contributed by atoms with Gasteiger partial charge in [-0.3, -0.25) is 14.4 Å². The second-order valence-electron chi connectivity index (χ2n) is 6.31. The normalized spacial score (nSPS) is 19.2. The Morgan fingerprint density at radius 2 is 2.12 bits per heavy atom. The first-order chi connectivity index (χ1) is 11.6. The predicted molar refractivity (Wildman–Crippen MR) is 87.6 cm³/mol. The first-order valence-electron chi connectivity index (χ1n) is 8.13. The lowest BCUT2D eigenvalue weighted by molar-refractivity contribution is -0.0373. The Labute approximate surface area is 139 Å². The van der Waals surface area contributed by atoms with Crippen LogP contribution >= 0.6 is 0 Å². The third kappa shape index (κ3) is 2.90. The van der Waals surface area contributed by atoms with Gasteiger partial charge in [0.25, 0.3) is 0 Å². The highest BCUT2D eigenvalue weighted by molar-refractivity contribution is 5.34. The molecule has 0 unspecified atom stereocenters. The highest BCUT2D eigenvalue weighted by Gasteiger charge is 2.25. The molecule has 0 aliphatic carbocycles. The van der Waals surface area contributed by atoms with Crippen molar-refractivity contribution in [1.29, 1.82) is 0 Å². The van der Waals surface area contributed by atoms with Gasteiger partial charge in [0.15, 0.2) is 5.82 Å². The van der Waals surface area contributed by atoms with Crippen LogP contribution in [0.2, 0.25) is 0 Å². The molecular weight excluding hydrogens is 306 g/mol. The first kappa shape index (κ1) is 15.2. The number of fused-ring (bicyclic) bond motifs is 1. The molecule has 8 nitrogen and oxygen atoms in total. The van der Waals surface area contributed by atoms with Gasteiger partial charge < -0.3 is 4.74 Å². The molecule has 0 aromatic carbocycles. The van der Waals surface area contributed by atoms with E-state index in [1.165, 1.54) is 0 Å². The number of aromatic nitrogens is 6. The number of aromatic amines is 1. The number of nitrogens with one attached hydrogen (secondary N) is 1. The van der Waals surface area contributed by atoms with Crippen LogP contribution in [0.3, 0.4) is 0 Å². The number of nitrogens with zero attached hydrogens (tertiary/aromatic N) is 6. The van der Waals surface area contributed by atoms with Gasteiger partial charge in [0.2, 0.25) is 5.78 Å². The maximum Gasteiger partial charge on any atom is 0.234 e. The molecule has 24 heavy (non-hydrogen) atoms. The van der Waals surface area contributed by atoms with Crippen LogP contribution in [0.25, 0.3) is 5.78 Å². The van der Waals surface area contributed by atoms with E-state index in [-0.39, 0.29) is 6.10 Å². The van der Waals surface area contributed by atoms with Crippen molar-refractivity contribution in [2.75, 3.05) is 19.7 Å². The summed E-state index contributed by atoms with van der Waals surface area (Å²) in [5.74, 6) is 2.29. The van der Waals surface area contributed by atoms with Crippen molar-refractivity contribution in [1.82, 2.24) is 34.4 Å². The Balaban J connectivity index is 1.51. The lowest BCUT2D eigenvalue weighted by atomic mass is 10.2. The highest BCUT2D eigenvalue weighted by atomic mass is 16.5. The van der Waals surface area contributed by atoms with Crippen molar-refractivity contribution in [3.8, 4) is 0 Å². The maximum atomic E-state index is 5.81. The van der Waals surface area contributed by atoms with E-state index in [0.29, 0.717) is 6.61 Å². The van der Waals surface area contributed by atoms with Gasteiger partial charge >= 0.3 is 0 Å². The molecule has 0 radical (unpaired) electrons. The average Bonchev–Trinajstić information content (AvgIpc) is 3.14. The van der Waals surface area contributed by atoms with Crippen LogP contribution in [0.15, 0.2) is 12.3 Å². The van der Waals surface area contributed by atoms with Crippen molar-refractivity contribution in [3.63, 3.8) is 0 Å². The van der Waals surface area contributed by atoms with E-state index >= 15 is 0 Å². The molecule has 0 saturated carbocycles. The molecule has 3 aromatic rings. The Kier molecular flexibility index (Phi) is 3.78. The highest BCUT2D eigenvalue weighted by Crippen LogP contribution is 2.20. The molecule has 4 rings (SSSR count). The maximum absolute atomic E-state index is 5.81. The summed E-state index contributed by atoms with van der Waals surface area (Å²) in [5, 5.41) is 7.10. The van der Waals surface area contributed by atoms with Crippen LogP contribution in [0.5, 0.6) is 0 Å². The number of rotatable bonds is 3. The molecule has 4 heterocycles. The molecule has 1 atom stereocenters. The number of aryl methyl sites for hydroxylation is 3. The lowest BCUT2D eigenvalue weighted by Gasteiger charge is -2.30. The Hall–Kier alpha value is -2.32. The number of H-pyrrole nitrogens is 1. The molecule has 1 fully saturated rings. The Bertz CT molecular complexity index is 869. The summed E-state index contributed by atoms with van der Waals surface area (Å²) < 4.78 is 7.85. The van der Waals surface area contributed by atoms with Crippen molar-refractivity contribution < 1.29 is 4.74 Å². The van der Waals surface area contributed by atoms with Crippen LogP contribution in [-0.4, -0.2) is 54.1 Å². The third-order valence-corrected chi connectivity index (χ3v) is 4.25. The zero-order valence-electron chi connectivity index (χ0n) is 14.2. The Morgan fingerprint density at radius 3 is 2.92 bits per heavy atom. The summed E-state index contributed by atoms with van der Waals surface area (Å²) in [4.78, 5) is 15.9. The van der Waals surface area contributed by atoms with Crippen molar-refractivity contribution >= 4 is 5.78 Å². The fourth-order valence-corrected chi connectivity index (χ4v) is 3.13. The molecule has 0 bridgehead atoms. The average molecular weight is 327 g/mol. The van der Waals surface area contributed by atoms with Gasteiger partial charge in [-0.1, -0.05) is 0 Å². The van der Waals surface area contributed by atoms with Gasteiger partial charge in [-0.15, -0.1) is 0 Å². The van der Waals surface area contributed by atoms with Crippen molar-refractivity contribution in [2.24, 2.45) is 0 Å². The third-order valence-electron chi connectivity index (χ3n) is 4.25. The van der Waals surface area contributed by atoms with E-state index in [9.17, 15) is 0 Å². The summed E-state index contributed by atoms with van der Waals surface area (Å²) in [6.45, 7) is 9.03. The van der Waals surface area contributed by atoms with Gasteiger partial charge in [-0.25, -0.2) is 15.0 Å². The predicted octanol–water partition coefficient (Wildman–Crippen LogP) is 1.35. The zero-order valence-corrected chi connectivity index (χ0v) is 14.2. The van der Waals surface area contributed by atoms with Crippen molar-refractivity contribution in [3.05, 3.63) is 41.0 Å². The zero-order chi connectivity index (χ0) is 16.7. The molecular formula is C16H21N7O. The van der Waals surface area contributed by atoms with E-state index in [1.54, 1.807) is 0 Å². The molecule has 1 saturated heterocycles. The summed E-state index contributed by atoms with van der Waals surface area (Å²) in [5.41, 5.74) is 3.15. The number of hydrogen-bond acceptors (Lipinski definition) is 6. The largest absolute Gasteiger partial charge is 0.367 e. The van der Waals surface area contributed by atoms with Gasteiger partial charge in [-0.05, 0) is 26.8 Å². The minimum absolute atomic E-state index is 0.0946. The molecule has 3 aromatic heterocycles. The first-order valence-corrected chi connectivity index (χ1v) is 8.13. The molecule has 0 spiro atoms.